The number of pyridine rings is 1. The Morgan fingerprint density at radius 2 is 2.30 bits per heavy atom. The molecule has 2 rings (SSSR count). The lowest BCUT2D eigenvalue weighted by atomic mass is 10.1. The highest BCUT2D eigenvalue weighted by molar-refractivity contribution is 5.35. The van der Waals surface area contributed by atoms with E-state index in [-0.39, 0.29) is 0 Å². The number of aromatic nitrogens is 1. The number of hydrogen-bond acceptors (Lipinski definition) is 4. The van der Waals surface area contributed by atoms with Crippen LogP contribution in [0.4, 0.5) is 5.82 Å². The van der Waals surface area contributed by atoms with E-state index in [1.54, 1.807) is 0 Å². The van der Waals surface area contributed by atoms with Gasteiger partial charge < -0.3 is 15.0 Å². The van der Waals surface area contributed by atoms with Crippen LogP contribution in [0.25, 0.3) is 0 Å². The maximum Gasteiger partial charge on any atom is 0.125 e. The molecule has 20 heavy (non-hydrogen) atoms. The largest absolute Gasteiger partial charge is 0.377 e. The second kappa shape index (κ2) is 7.60. The zero-order valence-corrected chi connectivity index (χ0v) is 12.9. The van der Waals surface area contributed by atoms with Crippen molar-refractivity contribution in [2.24, 2.45) is 5.92 Å². The highest BCUT2D eigenvalue weighted by Crippen LogP contribution is 2.16. The number of aryl methyl sites for hydroxylation is 1. The molecule has 1 atom stereocenters. The van der Waals surface area contributed by atoms with E-state index in [0.717, 1.165) is 31.4 Å². The van der Waals surface area contributed by atoms with Crippen molar-refractivity contribution in [3.63, 3.8) is 0 Å². The Morgan fingerprint density at radius 3 is 3.00 bits per heavy atom. The van der Waals surface area contributed by atoms with Crippen molar-refractivity contribution in [2.75, 3.05) is 38.1 Å². The minimum Gasteiger partial charge on any atom is -0.377 e. The molecule has 0 aliphatic carbocycles. The van der Waals surface area contributed by atoms with Crippen LogP contribution in [-0.4, -0.2) is 48.8 Å². The van der Waals surface area contributed by atoms with Gasteiger partial charge in [0.1, 0.15) is 5.82 Å². The van der Waals surface area contributed by atoms with Crippen LogP contribution in [0.2, 0.25) is 0 Å². The summed E-state index contributed by atoms with van der Waals surface area (Å²) in [6.45, 7) is 11.5. The second-order valence-corrected chi connectivity index (χ2v) is 5.98. The van der Waals surface area contributed by atoms with Crippen LogP contribution in [0.1, 0.15) is 25.8 Å². The van der Waals surface area contributed by atoms with Crippen molar-refractivity contribution in [3.8, 4) is 0 Å². The van der Waals surface area contributed by atoms with E-state index >= 15 is 0 Å². The molecule has 1 fully saturated rings. The fourth-order valence-electron chi connectivity index (χ4n) is 2.52. The predicted octanol–water partition coefficient (Wildman–Crippen LogP) is 2.55. The minimum absolute atomic E-state index is 0.336. The zero-order chi connectivity index (χ0) is 14.4. The van der Waals surface area contributed by atoms with E-state index in [4.69, 9.17) is 4.74 Å². The monoisotopic (exact) mass is 277 g/mol. The molecule has 0 unspecified atom stereocenters. The lowest BCUT2D eigenvalue weighted by molar-refractivity contribution is 0.0630. The number of nitrogens with one attached hydrogen (secondary N) is 1. The third-order valence-corrected chi connectivity index (χ3v) is 3.71. The summed E-state index contributed by atoms with van der Waals surface area (Å²) in [5.41, 5.74) is 1.20. The fourth-order valence-corrected chi connectivity index (χ4v) is 2.52. The van der Waals surface area contributed by atoms with Crippen molar-refractivity contribution < 1.29 is 4.74 Å². The fraction of sp³-hybridized carbons (Fsp3) is 0.688. The molecular formula is C16H27N3O. The van der Waals surface area contributed by atoms with Crippen LogP contribution < -0.4 is 5.32 Å². The number of nitrogens with zero attached hydrogens (tertiary/aromatic N) is 2. The van der Waals surface area contributed by atoms with Gasteiger partial charge in [-0.2, -0.15) is 0 Å². The van der Waals surface area contributed by atoms with Gasteiger partial charge in [-0.1, -0.05) is 6.07 Å². The summed E-state index contributed by atoms with van der Waals surface area (Å²) in [5, 5.41) is 3.44. The van der Waals surface area contributed by atoms with E-state index in [0.29, 0.717) is 6.10 Å². The molecule has 1 N–H and O–H groups in total. The van der Waals surface area contributed by atoms with Crippen LogP contribution in [0.15, 0.2) is 18.3 Å². The molecule has 0 saturated carbocycles. The van der Waals surface area contributed by atoms with Gasteiger partial charge in [0.15, 0.2) is 0 Å². The molecule has 0 amide bonds. The minimum atomic E-state index is 0.336. The van der Waals surface area contributed by atoms with Crippen LogP contribution in [0.5, 0.6) is 0 Å². The molecule has 0 bridgehead atoms. The van der Waals surface area contributed by atoms with Crippen molar-refractivity contribution in [1.82, 2.24) is 9.88 Å². The first-order valence-corrected chi connectivity index (χ1v) is 7.64. The molecule has 0 spiro atoms. The highest BCUT2D eigenvalue weighted by Gasteiger charge is 2.21. The molecule has 112 valence electrons. The first kappa shape index (κ1) is 15.3. The van der Waals surface area contributed by atoms with Crippen LogP contribution in [-0.2, 0) is 4.74 Å². The Morgan fingerprint density at radius 1 is 1.45 bits per heavy atom. The Hall–Kier alpha value is -1.13. The molecule has 4 nitrogen and oxygen atoms in total. The smallest absolute Gasteiger partial charge is 0.125 e. The van der Waals surface area contributed by atoms with Gasteiger partial charge in [-0.3, -0.25) is 0 Å². The van der Waals surface area contributed by atoms with Crippen LogP contribution >= 0.6 is 0 Å². The molecule has 4 heteroatoms. The van der Waals surface area contributed by atoms with E-state index in [1.807, 2.05) is 6.20 Å². The summed E-state index contributed by atoms with van der Waals surface area (Å²) in [6, 6.07) is 4.15. The second-order valence-electron chi connectivity index (χ2n) is 5.98. The summed E-state index contributed by atoms with van der Waals surface area (Å²) in [5.74, 6) is 1.70. The Balaban J connectivity index is 1.64. The van der Waals surface area contributed by atoms with Crippen molar-refractivity contribution in [1.29, 1.82) is 0 Å². The molecule has 1 aromatic heterocycles. The molecule has 1 aromatic rings. The standard InChI is InChI=1S/C16H27N3O/c1-13(2)20-9-8-19-7-6-15(12-19)11-18-16-5-4-14(3)10-17-16/h4-5,10,13,15H,6-9,11-12H2,1-3H3,(H,17,18)/t15-/m1/s1. The van der Waals surface area contributed by atoms with Crippen molar-refractivity contribution >= 4 is 5.82 Å². The van der Waals surface area contributed by atoms with Gasteiger partial charge in [0.05, 0.1) is 12.7 Å². The Labute approximate surface area is 122 Å². The van der Waals surface area contributed by atoms with Gasteiger partial charge >= 0.3 is 0 Å². The van der Waals surface area contributed by atoms with Gasteiger partial charge in [0.25, 0.3) is 0 Å². The van der Waals surface area contributed by atoms with E-state index < -0.39 is 0 Å². The third-order valence-electron chi connectivity index (χ3n) is 3.71. The van der Waals surface area contributed by atoms with Crippen LogP contribution in [0.3, 0.4) is 0 Å². The predicted molar refractivity (Wildman–Crippen MR) is 83.1 cm³/mol. The summed E-state index contributed by atoms with van der Waals surface area (Å²) in [4.78, 5) is 6.88. The third kappa shape index (κ3) is 5.10. The molecule has 1 saturated heterocycles. The molecule has 2 heterocycles. The molecule has 0 aromatic carbocycles. The normalized spacial score (nSPS) is 19.7. The summed E-state index contributed by atoms with van der Waals surface area (Å²) in [6.07, 6.45) is 3.51. The highest BCUT2D eigenvalue weighted by atomic mass is 16.5. The SMILES string of the molecule is Cc1ccc(NC[C@H]2CCN(CCOC(C)C)C2)nc1. The number of anilines is 1. The average Bonchev–Trinajstić information content (AvgIpc) is 2.86. The van der Waals surface area contributed by atoms with Gasteiger partial charge in [-0.25, -0.2) is 4.98 Å². The quantitative estimate of drug-likeness (QED) is 0.831. The number of rotatable bonds is 7. The molecule has 0 radical (unpaired) electrons. The van der Waals surface area contributed by atoms with Crippen molar-refractivity contribution in [3.05, 3.63) is 23.9 Å². The Kier molecular flexibility index (Phi) is 5.80. The molecular weight excluding hydrogens is 250 g/mol. The lowest BCUT2D eigenvalue weighted by Gasteiger charge is -2.17. The number of ether oxygens (including phenoxy) is 1. The maximum atomic E-state index is 5.61. The lowest BCUT2D eigenvalue weighted by Crippen LogP contribution is -2.27. The average molecular weight is 277 g/mol. The van der Waals surface area contributed by atoms with Gasteiger partial charge in [0.2, 0.25) is 0 Å². The first-order valence-electron chi connectivity index (χ1n) is 7.64. The number of hydrogen-bond donors (Lipinski definition) is 1. The van der Waals surface area contributed by atoms with Gasteiger partial charge in [-0.15, -0.1) is 0 Å². The van der Waals surface area contributed by atoms with Gasteiger partial charge in [-0.05, 0) is 51.3 Å². The maximum absolute atomic E-state index is 5.61. The number of likely N-dealkylation sites (tertiary alicyclic amines) is 1. The van der Waals surface area contributed by atoms with E-state index in [9.17, 15) is 0 Å². The summed E-state index contributed by atoms with van der Waals surface area (Å²) in [7, 11) is 0. The van der Waals surface area contributed by atoms with Gasteiger partial charge in [0, 0.05) is 25.8 Å². The first-order chi connectivity index (χ1) is 9.63. The summed E-state index contributed by atoms with van der Waals surface area (Å²) < 4.78 is 5.61. The summed E-state index contributed by atoms with van der Waals surface area (Å²) >= 11 is 0. The zero-order valence-electron chi connectivity index (χ0n) is 12.9. The molecule has 1 aliphatic heterocycles. The Bertz CT molecular complexity index is 391. The van der Waals surface area contributed by atoms with Crippen LogP contribution in [0, 0.1) is 12.8 Å². The molecule has 1 aliphatic rings. The van der Waals surface area contributed by atoms with E-state index in [2.05, 4.69) is 48.1 Å². The van der Waals surface area contributed by atoms with E-state index in [1.165, 1.54) is 25.1 Å². The van der Waals surface area contributed by atoms with Crippen molar-refractivity contribution in [2.45, 2.75) is 33.3 Å². The topological polar surface area (TPSA) is 37.4 Å².